The average Bonchev–Trinajstić information content (AvgIpc) is 3.20. The summed E-state index contributed by atoms with van der Waals surface area (Å²) in [5, 5.41) is 7.46. The van der Waals surface area contributed by atoms with E-state index in [2.05, 4.69) is 53.3 Å². The van der Waals surface area contributed by atoms with Crippen LogP contribution < -0.4 is 5.32 Å². The Morgan fingerprint density at radius 2 is 1.93 bits per heavy atom. The number of aromatic nitrogens is 2. The van der Waals surface area contributed by atoms with Crippen molar-refractivity contribution >= 4 is 18.3 Å². The van der Waals surface area contributed by atoms with Crippen LogP contribution >= 0.6 is 12.4 Å². The molecule has 1 aliphatic heterocycles. The second-order valence-electron chi connectivity index (χ2n) is 7.86. The van der Waals surface area contributed by atoms with Crippen molar-refractivity contribution in [1.82, 2.24) is 20.4 Å². The Kier molecular flexibility index (Phi) is 9.11. The summed E-state index contributed by atoms with van der Waals surface area (Å²) in [5.74, 6) is 1.79. The van der Waals surface area contributed by atoms with E-state index >= 15 is 0 Å². The molecule has 1 amide bonds. The van der Waals surface area contributed by atoms with Gasteiger partial charge in [0.2, 0.25) is 17.6 Å². The molecule has 160 valence electrons. The average molecular weight is 421 g/mol. The third kappa shape index (κ3) is 6.28. The topological polar surface area (TPSA) is 71.3 Å². The van der Waals surface area contributed by atoms with E-state index in [1.165, 1.54) is 5.56 Å². The number of hydrogen-bond donors (Lipinski definition) is 1. The summed E-state index contributed by atoms with van der Waals surface area (Å²) in [7, 11) is 0. The molecule has 1 aliphatic rings. The number of aryl methyl sites for hydroxylation is 1. The molecule has 0 atom stereocenters. The summed E-state index contributed by atoms with van der Waals surface area (Å²) in [4.78, 5) is 19.3. The minimum atomic E-state index is 0. The number of nitrogens with one attached hydrogen (secondary N) is 1. The Labute approximate surface area is 179 Å². The summed E-state index contributed by atoms with van der Waals surface area (Å²) in [6.07, 6.45) is 3.94. The molecule has 6 nitrogen and oxygen atoms in total. The first kappa shape index (κ1) is 23.4. The summed E-state index contributed by atoms with van der Waals surface area (Å²) >= 11 is 0. The summed E-state index contributed by atoms with van der Waals surface area (Å²) < 4.78 is 5.39. The Balaban J connectivity index is 0.00000300. The molecule has 1 aromatic heterocycles. The molecule has 0 saturated carbocycles. The van der Waals surface area contributed by atoms with Crippen molar-refractivity contribution in [2.75, 3.05) is 19.6 Å². The van der Waals surface area contributed by atoms with Gasteiger partial charge in [-0.2, -0.15) is 4.98 Å². The van der Waals surface area contributed by atoms with Crippen molar-refractivity contribution in [2.24, 2.45) is 0 Å². The van der Waals surface area contributed by atoms with Crippen molar-refractivity contribution in [3.63, 3.8) is 0 Å². The molecular formula is C22H33ClN4O2. The van der Waals surface area contributed by atoms with E-state index in [0.717, 1.165) is 44.5 Å². The first-order valence-electron chi connectivity index (χ1n) is 10.5. The van der Waals surface area contributed by atoms with Gasteiger partial charge < -0.3 is 14.7 Å². The van der Waals surface area contributed by atoms with Gasteiger partial charge in [0.1, 0.15) is 0 Å². The highest BCUT2D eigenvalue weighted by Gasteiger charge is 2.24. The number of carbonyl (C=O) groups is 1. The zero-order valence-corrected chi connectivity index (χ0v) is 18.5. The van der Waals surface area contributed by atoms with Gasteiger partial charge in [-0.3, -0.25) is 4.79 Å². The highest BCUT2D eigenvalue weighted by atomic mass is 35.5. The minimum Gasteiger partial charge on any atom is -0.340 e. The Morgan fingerprint density at radius 3 is 2.55 bits per heavy atom. The van der Waals surface area contributed by atoms with Crippen molar-refractivity contribution in [3.05, 3.63) is 35.7 Å². The molecule has 1 fully saturated rings. The smallest absolute Gasteiger partial charge is 0.227 e. The molecule has 1 aromatic carbocycles. The van der Waals surface area contributed by atoms with Crippen LogP contribution in [-0.2, 0) is 11.2 Å². The number of rotatable bonds is 8. The van der Waals surface area contributed by atoms with Gasteiger partial charge in [-0.1, -0.05) is 50.2 Å². The van der Waals surface area contributed by atoms with Crippen molar-refractivity contribution in [3.8, 4) is 11.4 Å². The molecule has 29 heavy (non-hydrogen) atoms. The Morgan fingerprint density at radius 1 is 1.24 bits per heavy atom. The highest BCUT2D eigenvalue weighted by Crippen LogP contribution is 2.21. The summed E-state index contributed by atoms with van der Waals surface area (Å²) in [6, 6.07) is 8.60. The normalized spacial score (nSPS) is 14.6. The zero-order chi connectivity index (χ0) is 19.9. The van der Waals surface area contributed by atoms with Crippen LogP contribution in [0.15, 0.2) is 28.8 Å². The monoisotopic (exact) mass is 420 g/mol. The summed E-state index contributed by atoms with van der Waals surface area (Å²) in [6.45, 7) is 9.26. The Bertz CT molecular complexity index is 754. The molecule has 7 heteroatoms. The van der Waals surface area contributed by atoms with Crippen LogP contribution in [0.5, 0.6) is 0 Å². The third-order valence-electron chi connectivity index (χ3n) is 5.39. The maximum atomic E-state index is 12.8. The highest BCUT2D eigenvalue weighted by molar-refractivity contribution is 5.85. The van der Waals surface area contributed by atoms with E-state index in [1.807, 2.05) is 12.1 Å². The maximum Gasteiger partial charge on any atom is 0.227 e. The van der Waals surface area contributed by atoms with Crippen molar-refractivity contribution in [1.29, 1.82) is 0 Å². The number of carbonyl (C=O) groups excluding carboxylic acids is 1. The minimum absolute atomic E-state index is 0. The van der Waals surface area contributed by atoms with Gasteiger partial charge in [-0.15, -0.1) is 12.4 Å². The SMILES string of the molecule is CCCN(C(=O)CCc1nc(-c2ccc(C(C)C)cc2)no1)C1CCNCC1.Cl. The van der Waals surface area contributed by atoms with Crippen LogP contribution in [0, 0.1) is 0 Å². The lowest BCUT2D eigenvalue weighted by molar-refractivity contribution is -0.134. The number of nitrogens with zero attached hydrogens (tertiary/aromatic N) is 3. The number of benzene rings is 1. The molecule has 0 aliphatic carbocycles. The molecule has 2 aromatic rings. The fourth-order valence-corrected chi connectivity index (χ4v) is 3.72. The first-order valence-corrected chi connectivity index (χ1v) is 10.5. The van der Waals surface area contributed by atoms with Crippen LogP contribution in [0.25, 0.3) is 11.4 Å². The van der Waals surface area contributed by atoms with E-state index in [4.69, 9.17) is 4.52 Å². The lowest BCUT2D eigenvalue weighted by Gasteiger charge is -2.34. The summed E-state index contributed by atoms with van der Waals surface area (Å²) in [5.41, 5.74) is 2.22. The molecule has 0 unspecified atom stereocenters. The fraction of sp³-hybridized carbons (Fsp3) is 0.591. The van der Waals surface area contributed by atoms with Crippen LogP contribution in [0.2, 0.25) is 0 Å². The van der Waals surface area contributed by atoms with Crippen LogP contribution in [0.4, 0.5) is 0 Å². The zero-order valence-electron chi connectivity index (χ0n) is 17.7. The number of amides is 1. The van der Waals surface area contributed by atoms with Crippen LogP contribution in [0.1, 0.15) is 63.8 Å². The lowest BCUT2D eigenvalue weighted by atomic mass is 10.0. The predicted octanol–water partition coefficient (Wildman–Crippen LogP) is 4.21. The Hall–Kier alpha value is -1.92. The van der Waals surface area contributed by atoms with Gasteiger partial charge in [0.05, 0.1) is 0 Å². The number of hydrogen-bond acceptors (Lipinski definition) is 5. The van der Waals surface area contributed by atoms with Gasteiger partial charge in [0.15, 0.2) is 0 Å². The van der Waals surface area contributed by atoms with Crippen molar-refractivity contribution in [2.45, 2.75) is 64.8 Å². The van der Waals surface area contributed by atoms with Crippen molar-refractivity contribution < 1.29 is 9.32 Å². The van der Waals surface area contributed by atoms with Gasteiger partial charge >= 0.3 is 0 Å². The predicted molar refractivity (Wildman–Crippen MR) is 117 cm³/mol. The van der Waals surface area contributed by atoms with E-state index in [0.29, 0.717) is 36.5 Å². The second-order valence-corrected chi connectivity index (χ2v) is 7.86. The second kappa shape index (κ2) is 11.3. The van der Waals surface area contributed by atoms with Crippen LogP contribution in [0.3, 0.4) is 0 Å². The largest absolute Gasteiger partial charge is 0.340 e. The molecule has 0 radical (unpaired) electrons. The van der Waals surface area contributed by atoms with Crippen LogP contribution in [-0.4, -0.2) is 46.6 Å². The molecule has 1 saturated heterocycles. The molecule has 2 heterocycles. The number of piperidine rings is 1. The standard InChI is InChI=1S/C22H32N4O2.ClH/c1-4-15-26(19-11-13-23-14-12-19)21(27)10-9-20-24-22(25-28-20)18-7-5-17(6-8-18)16(2)3;/h5-8,16,19,23H,4,9-15H2,1-3H3;1H. The van der Waals surface area contributed by atoms with E-state index in [1.54, 1.807) is 0 Å². The molecular weight excluding hydrogens is 388 g/mol. The third-order valence-corrected chi connectivity index (χ3v) is 5.39. The van der Waals surface area contributed by atoms with Gasteiger partial charge in [0, 0.05) is 31.0 Å². The molecule has 3 rings (SSSR count). The maximum absolute atomic E-state index is 12.8. The first-order chi connectivity index (χ1) is 13.6. The van der Waals surface area contributed by atoms with Gasteiger partial charge in [-0.25, -0.2) is 0 Å². The van der Waals surface area contributed by atoms with Gasteiger partial charge in [0.25, 0.3) is 0 Å². The number of halogens is 1. The molecule has 1 N–H and O–H groups in total. The van der Waals surface area contributed by atoms with E-state index in [-0.39, 0.29) is 18.3 Å². The van der Waals surface area contributed by atoms with E-state index < -0.39 is 0 Å². The quantitative estimate of drug-likeness (QED) is 0.692. The lowest BCUT2D eigenvalue weighted by Crippen LogP contribution is -2.46. The molecule has 0 spiro atoms. The fourth-order valence-electron chi connectivity index (χ4n) is 3.72. The van der Waals surface area contributed by atoms with Gasteiger partial charge in [-0.05, 0) is 43.8 Å². The van der Waals surface area contributed by atoms with E-state index in [9.17, 15) is 4.79 Å². The molecule has 0 bridgehead atoms.